The Morgan fingerprint density at radius 2 is 1.80 bits per heavy atom. The van der Waals surface area contributed by atoms with E-state index in [0.29, 0.717) is 17.9 Å². The molecular formula is C29H24BrN7O5S2. The van der Waals surface area contributed by atoms with Crippen molar-refractivity contribution in [3.05, 3.63) is 105 Å². The van der Waals surface area contributed by atoms with Crippen molar-refractivity contribution in [3.63, 3.8) is 0 Å². The topological polar surface area (TPSA) is 166 Å². The van der Waals surface area contributed by atoms with Crippen LogP contribution < -0.4 is 15.4 Å². The second-order valence-corrected chi connectivity index (χ2v) is 13.2. The van der Waals surface area contributed by atoms with Crippen molar-refractivity contribution in [2.45, 2.75) is 22.5 Å². The second-order valence-electron chi connectivity index (χ2n) is 9.78. The molecule has 1 amide bonds. The maximum atomic E-state index is 13.6. The minimum atomic E-state index is -3.87. The molecule has 15 heteroatoms. The molecule has 1 aliphatic rings. The number of H-pyrrole nitrogens is 1. The Kier molecular flexibility index (Phi) is 8.11. The molecule has 1 aliphatic heterocycles. The highest BCUT2D eigenvalue weighted by Gasteiger charge is 2.33. The Morgan fingerprint density at radius 1 is 1.09 bits per heavy atom. The minimum absolute atomic E-state index is 0.0462. The number of aromatic amines is 1. The number of primary sulfonamides is 1. The molecule has 3 N–H and O–H groups in total. The van der Waals surface area contributed by atoms with Crippen LogP contribution in [0.15, 0.2) is 103 Å². The summed E-state index contributed by atoms with van der Waals surface area (Å²) in [5, 5.41) is 16.1. The SMILES string of the molecule is COc1ccc([C@H]2CC(c3ccc(Br)cc3)=NN2C(=O)CSc2nc3c(cnn3-c3ccc(S(N)(=O)=O)cc3)c(=O)[nH]2)cc1. The molecule has 0 saturated heterocycles. The Labute approximate surface area is 264 Å². The third-order valence-electron chi connectivity index (χ3n) is 7.00. The number of carbonyl (C=O) groups is 1. The molecule has 0 spiro atoms. The molecule has 12 nitrogen and oxygen atoms in total. The number of sulfonamides is 1. The lowest BCUT2D eigenvalue weighted by Crippen LogP contribution is -2.28. The number of hydrogen-bond acceptors (Lipinski definition) is 9. The monoisotopic (exact) mass is 693 g/mol. The highest BCUT2D eigenvalue weighted by atomic mass is 79.9. The number of hydrogen-bond donors (Lipinski definition) is 2. The van der Waals surface area contributed by atoms with E-state index in [4.69, 9.17) is 15.0 Å². The summed E-state index contributed by atoms with van der Waals surface area (Å²) in [6.07, 6.45) is 1.89. The average Bonchev–Trinajstić information content (AvgIpc) is 3.66. The lowest BCUT2D eigenvalue weighted by molar-refractivity contribution is -0.130. The third-order valence-corrected chi connectivity index (χ3v) is 9.32. The molecule has 0 radical (unpaired) electrons. The van der Waals surface area contributed by atoms with Crippen LogP contribution in [-0.4, -0.2) is 57.7 Å². The number of amides is 1. The summed E-state index contributed by atoms with van der Waals surface area (Å²) < 4.78 is 30.9. The summed E-state index contributed by atoms with van der Waals surface area (Å²) in [6, 6.07) is 20.7. The molecule has 44 heavy (non-hydrogen) atoms. The van der Waals surface area contributed by atoms with Crippen LogP contribution in [0.2, 0.25) is 0 Å². The lowest BCUT2D eigenvalue weighted by Gasteiger charge is -2.22. The van der Waals surface area contributed by atoms with Crippen molar-refractivity contribution in [3.8, 4) is 11.4 Å². The zero-order valence-electron chi connectivity index (χ0n) is 23.0. The van der Waals surface area contributed by atoms with E-state index in [9.17, 15) is 18.0 Å². The van der Waals surface area contributed by atoms with E-state index in [0.717, 1.165) is 33.1 Å². The molecule has 3 aromatic carbocycles. The Morgan fingerprint density at radius 3 is 2.45 bits per heavy atom. The number of benzene rings is 3. The summed E-state index contributed by atoms with van der Waals surface area (Å²) in [5.74, 6) is 0.395. The number of methoxy groups -OCH3 is 1. The predicted molar refractivity (Wildman–Crippen MR) is 169 cm³/mol. The second kappa shape index (κ2) is 12.0. The number of nitrogens with two attached hydrogens (primary N) is 1. The van der Waals surface area contributed by atoms with Crippen molar-refractivity contribution in [1.29, 1.82) is 0 Å². The number of hydrazone groups is 1. The van der Waals surface area contributed by atoms with Gasteiger partial charge in [-0.15, -0.1) is 0 Å². The first-order valence-corrected chi connectivity index (χ1v) is 16.5. The fourth-order valence-corrected chi connectivity index (χ4v) is 6.26. The molecular weight excluding hydrogens is 670 g/mol. The highest BCUT2D eigenvalue weighted by Crippen LogP contribution is 2.34. The van der Waals surface area contributed by atoms with Crippen molar-refractivity contribution in [1.82, 2.24) is 24.8 Å². The van der Waals surface area contributed by atoms with E-state index in [1.807, 2.05) is 48.5 Å². The van der Waals surface area contributed by atoms with Crippen molar-refractivity contribution in [2.24, 2.45) is 10.2 Å². The van der Waals surface area contributed by atoms with E-state index in [2.05, 4.69) is 31.0 Å². The molecule has 3 heterocycles. The molecule has 1 atom stereocenters. The van der Waals surface area contributed by atoms with Crippen molar-refractivity contribution >= 4 is 60.4 Å². The molecule has 5 aromatic rings. The summed E-state index contributed by atoms with van der Waals surface area (Å²) >= 11 is 4.53. The van der Waals surface area contributed by atoms with Gasteiger partial charge in [0, 0.05) is 10.9 Å². The van der Waals surface area contributed by atoms with Crippen LogP contribution in [0, 0.1) is 0 Å². The molecule has 2 aromatic heterocycles. The highest BCUT2D eigenvalue weighted by molar-refractivity contribution is 9.10. The molecule has 0 unspecified atom stereocenters. The van der Waals surface area contributed by atoms with Crippen LogP contribution in [0.25, 0.3) is 16.7 Å². The number of nitrogens with one attached hydrogen (secondary N) is 1. The number of ether oxygens (including phenoxy) is 1. The van der Waals surface area contributed by atoms with Gasteiger partial charge in [0.25, 0.3) is 11.5 Å². The lowest BCUT2D eigenvalue weighted by atomic mass is 9.98. The van der Waals surface area contributed by atoms with Gasteiger partial charge in [-0.05, 0) is 59.7 Å². The first kappa shape index (κ1) is 29.7. The molecule has 0 saturated carbocycles. The molecule has 6 rings (SSSR count). The normalized spacial score (nSPS) is 15.0. The number of thioether (sulfide) groups is 1. The van der Waals surface area contributed by atoms with Crippen LogP contribution in [-0.2, 0) is 14.8 Å². The van der Waals surface area contributed by atoms with Gasteiger partial charge in [-0.2, -0.15) is 10.2 Å². The van der Waals surface area contributed by atoms with Gasteiger partial charge in [0.2, 0.25) is 10.0 Å². The summed E-state index contributed by atoms with van der Waals surface area (Å²) in [7, 11) is -2.27. The van der Waals surface area contributed by atoms with Crippen LogP contribution in [0.5, 0.6) is 5.75 Å². The van der Waals surface area contributed by atoms with Gasteiger partial charge in [-0.3, -0.25) is 9.59 Å². The number of nitrogens with zero attached hydrogens (tertiary/aromatic N) is 5. The van der Waals surface area contributed by atoms with Crippen LogP contribution in [0.1, 0.15) is 23.6 Å². The summed E-state index contributed by atoms with van der Waals surface area (Å²) in [4.78, 5) is 33.7. The Balaban J connectivity index is 1.26. The van der Waals surface area contributed by atoms with Gasteiger partial charge in [0.15, 0.2) is 10.8 Å². The van der Waals surface area contributed by atoms with Gasteiger partial charge in [-0.25, -0.2) is 28.2 Å². The van der Waals surface area contributed by atoms with Crippen molar-refractivity contribution < 1.29 is 17.9 Å². The third kappa shape index (κ3) is 6.04. The Bertz CT molecular complexity index is 2060. The first-order chi connectivity index (χ1) is 21.1. The van der Waals surface area contributed by atoms with Gasteiger partial charge < -0.3 is 9.72 Å². The number of rotatable bonds is 8. The van der Waals surface area contributed by atoms with Crippen LogP contribution >= 0.6 is 27.7 Å². The smallest absolute Gasteiger partial charge is 0.262 e. The number of halogens is 1. The van der Waals surface area contributed by atoms with Gasteiger partial charge in [0.05, 0.1) is 41.4 Å². The van der Waals surface area contributed by atoms with Gasteiger partial charge in [-0.1, -0.05) is 52.0 Å². The quantitative estimate of drug-likeness (QED) is 0.182. The van der Waals surface area contributed by atoms with Crippen LogP contribution in [0.4, 0.5) is 0 Å². The maximum Gasteiger partial charge on any atom is 0.262 e. The van der Waals surface area contributed by atoms with E-state index >= 15 is 0 Å². The van der Waals surface area contributed by atoms with E-state index in [1.165, 1.54) is 40.2 Å². The van der Waals surface area contributed by atoms with E-state index in [1.54, 1.807) is 7.11 Å². The van der Waals surface area contributed by atoms with Crippen LogP contribution in [0.3, 0.4) is 0 Å². The fourth-order valence-electron chi connectivity index (χ4n) is 4.77. The zero-order chi connectivity index (χ0) is 31.0. The maximum absolute atomic E-state index is 13.6. The molecule has 0 aliphatic carbocycles. The largest absolute Gasteiger partial charge is 0.497 e. The fraction of sp³-hybridized carbons (Fsp3) is 0.138. The Hall–Kier alpha value is -4.31. The minimum Gasteiger partial charge on any atom is -0.497 e. The van der Waals surface area contributed by atoms with Gasteiger partial charge in [0.1, 0.15) is 11.1 Å². The number of aromatic nitrogens is 4. The first-order valence-electron chi connectivity index (χ1n) is 13.1. The van der Waals surface area contributed by atoms with Gasteiger partial charge >= 0.3 is 0 Å². The van der Waals surface area contributed by atoms with E-state index in [-0.39, 0.29) is 38.8 Å². The number of carbonyl (C=O) groups excluding carboxylic acids is 1. The summed E-state index contributed by atoms with van der Waals surface area (Å²) in [5.41, 5.74) is 2.90. The standard InChI is InChI=1S/C29H24BrN7O5S2/c1-42-21-10-4-18(5-11-21)25-14-24(17-2-6-19(30)7-3-17)35-37(25)26(38)16-43-29-33-27-23(28(39)34-29)15-32-36(27)20-8-12-22(13-9-20)44(31,40)41/h2-13,15,25H,14,16H2,1H3,(H2,31,40,41)(H,33,34,39)/t25-/m1/s1. The summed E-state index contributed by atoms with van der Waals surface area (Å²) in [6.45, 7) is 0. The molecule has 0 bridgehead atoms. The number of fused-ring (bicyclic) bond motifs is 1. The van der Waals surface area contributed by atoms with Crippen molar-refractivity contribution in [2.75, 3.05) is 12.9 Å². The average molecular weight is 695 g/mol. The predicted octanol–water partition coefficient (Wildman–Crippen LogP) is 4.00. The molecule has 0 fully saturated rings. The molecule has 224 valence electrons. The van der Waals surface area contributed by atoms with E-state index < -0.39 is 15.6 Å². The zero-order valence-corrected chi connectivity index (χ0v) is 26.3.